The van der Waals surface area contributed by atoms with E-state index in [0.717, 1.165) is 45.3 Å². The van der Waals surface area contributed by atoms with Crippen LogP contribution in [-0.4, -0.2) is 0 Å². The Morgan fingerprint density at radius 2 is 0.500 bits per heavy atom. The second-order valence-electron chi connectivity index (χ2n) is 23.0. The molecule has 14 aromatic rings. The summed E-state index contributed by atoms with van der Waals surface area (Å²) < 4.78 is 0. The normalized spacial score (nSPS) is 13.7. The Bertz CT molecular complexity index is 4610. The number of fused-ring (bicyclic) bond motifs is 24. The average molecular weight is 1070 g/mol. The summed E-state index contributed by atoms with van der Waals surface area (Å²) in [7, 11) is 0. The standard InChI is InChI=1S/C82H52N2/c1-3-21-57(22-4-1)83(61-45-47-69-77(51-61)81(75-49-39-55-19-7-9-25-63(55)79(69)75)71-31-15-11-27-65(71)66-28-12-16-32-72(66)81)59-41-35-53(36-42-59)54-37-43-60(44-38-54)84(58-23-5-2-6-24-58)62-46-48-70-78(52-62)82(76-50-40-56-20-8-10-26-64(56)80(70)76)73-33-17-13-29-67(73)68-30-14-18-34-74(68)82/h1-52H. The van der Waals surface area contributed by atoms with Crippen LogP contribution in [0.3, 0.4) is 0 Å². The Balaban J connectivity index is 0.743. The minimum Gasteiger partial charge on any atom is -0.310 e. The Labute approximate surface area is 489 Å². The van der Waals surface area contributed by atoms with Gasteiger partial charge in [0, 0.05) is 34.1 Å². The Morgan fingerprint density at radius 3 is 0.881 bits per heavy atom. The lowest BCUT2D eigenvalue weighted by molar-refractivity contribution is 0.794. The molecule has 84 heavy (non-hydrogen) atoms. The van der Waals surface area contributed by atoms with Crippen LogP contribution < -0.4 is 9.80 Å². The van der Waals surface area contributed by atoms with Gasteiger partial charge in [-0.2, -0.15) is 0 Å². The van der Waals surface area contributed by atoms with Gasteiger partial charge in [0.25, 0.3) is 0 Å². The number of benzene rings is 14. The van der Waals surface area contributed by atoms with Gasteiger partial charge in [-0.15, -0.1) is 0 Å². The highest BCUT2D eigenvalue weighted by Crippen LogP contribution is 2.66. The van der Waals surface area contributed by atoms with E-state index in [4.69, 9.17) is 0 Å². The molecular weight excluding hydrogens is 1010 g/mol. The quantitative estimate of drug-likeness (QED) is 0.157. The van der Waals surface area contributed by atoms with E-state index >= 15 is 0 Å². The maximum absolute atomic E-state index is 2.49. The molecule has 0 radical (unpaired) electrons. The predicted molar refractivity (Wildman–Crippen MR) is 349 cm³/mol. The van der Waals surface area contributed by atoms with Gasteiger partial charge in [-0.05, 0) is 194 Å². The molecule has 0 fully saturated rings. The highest BCUT2D eigenvalue weighted by atomic mass is 15.1. The van der Waals surface area contributed by atoms with Crippen LogP contribution in [0.25, 0.3) is 77.2 Å². The first-order valence-electron chi connectivity index (χ1n) is 29.3. The molecule has 0 N–H and O–H groups in total. The van der Waals surface area contributed by atoms with E-state index in [1.165, 1.54) is 111 Å². The van der Waals surface area contributed by atoms with Crippen molar-refractivity contribution in [2.75, 3.05) is 9.80 Å². The first-order valence-corrected chi connectivity index (χ1v) is 29.3. The lowest BCUT2D eigenvalue weighted by atomic mass is 9.70. The highest BCUT2D eigenvalue weighted by Gasteiger charge is 2.54. The number of nitrogens with zero attached hydrogens (tertiary/aromatic N) is 2. The minimum absolute atomic E-state index is 0.481. The van der Waals surface area contributed by atoms with Crippen molar-refractivity contribution < 1.29 is 0 Å². The van der Waals surface area contributed by atoms with E-state index in [9.17, 15) is 0 Å². The number of rotatable bonds is 7. The lowest BCUT2D eigenvalue weighted by Gasteiger charge is -2.32. The molecule has 0 atom stereocenters. The average Bonchev–Trinajstić information content (AvgIpc) is 1.54. The fourth-order valence-electron chi connectivity index (χ4n) is 15.7. The maximum Gasteiger partial charge on any atom is 0.0726 e. The highest BCUT2D eigenvalue weighted by molar-refractivity contribution is 6.09. The third kappa shape index (κ3) is 6.34. The molecule has 14 aromatic carbocycles. The van der Waals surface area contributed by atoms with E-state index < -0.39 is 10.8 Å². The fraction of sp³-hybridized carbons (Fsp3) is 0.0244. The van der Waals surface area contributed by atoms with Crippen LogP contribution in [0.15, 0.2) is 315 Å². The number of para-hydroxylation sites is 2. The fourth-order valence-corrected chi connectivity index (χ4v) is 15.7. The van der Waals surface area contributed by atoms with E-state index in [1.807, 2.05) is 0 Å². The Morgan fingerprint density at radius 1 is 0.190 bits per heavy atom. The molecule has 0 amide bonds. The summed E-state index contributed by atoms with van der Waals surface area (Å²) in [6.07, 6.45) is 0. The van der Waals surface area contributed by atoms with Gasteiger partial charge in [0.1, 0.15) is 0 Å². The van der Waals surface area contributed by atoms with E-state index in [0.29, 0.717) is 0 Å². The van der Waals surface area contributed by atoms with Crippen molar-refractivity contribution in [2.45, 2.75) is 10.8 Å². The summed E-state index contributed by atoms with van der Waals surface area (Å²) in [6, 6.07) is 118. The van der Waals surface area contributed by atoms with Crippen LogP contribution in [0.5, 0.6) is 0 Å². The molecule has 2 heteroatoms. The van der Waals surface area contributed by atoms with Gasteiger partial charge in [-0.25, -0.2) is 0 Å². The smallest absolute Gasteiger partial charge is 0.0726 e. The lowest BCUT2D eigenvalue weighted by Crippen LogP contribution is -2.26. The SMILES string of the molecule is c1ccc(N(c2ccc(-c3ccc(N(c4ccccc4)c4ccc5c(c4)C4(c6ccccc6-c6ccccc64)c4ccc6ccccc6c4-5)cc3)cc2)c2ccc3c(c2)C2(c4ccccc4-c4ccccc42)c2ccc4ccccc4c2-3)cc1. The third-order valence-corrected chi connectivity index (χ3v) is 19.1. The molecule has 4 aliphatic rings. The van der Waals surface area contributed by atoms with Crippen molar-refractivity contribution in [1.29, 1.82) is 0 Å². The number of anilines is 6. The molecule has 0 heterocycles. The van der Waals surface area contributed by atoms with Crippen LogP contribution >= 0.6 is 0 Å². The summed E-state index contributed by atoms with van der Waals surface area (Å²) in [4.78, 5) is 4.86. The number of hydrogen-bond donors (Lipinski definition) is 0. The predicted octanol–water partition coefficient (Wildman–Crippen LogP) is 21.3. The Hall–Kier alpha value is -10.8. The van der Waals surface area contributed by atoms with Crippen LogP contribution in [0, 0.1) is 0 Å². The maximum atomic E-state index is 2.49. The van der Waals surface area contributed by atoms with Crippen LogP contribution in [-0.2, 0) is 10.8 Å². The van der Waals surface area contributed by atoms with Gasteiger partial charge in [-0.1, -0.05) is 243 Å². The van der Waals surface area contributed by atoms with Gasteiger partial charge in [0.2, 0.25) is 0 Å². The first kappa shape index (κ1) is 46.9. The zero-order valence-electron chi connectivity index (χ0n) is 45.9. The van der Waals surface area contributed by atoms with Crippen molar-refractivity contribution in [3.63, 3.8) is 0 Å². The van der Waals surface area contributed by atoms with Crippen molar-refractivity contribution in [3.8, 4) is 55.6 Å². The van der Waals surface area contributed by atoms with E-state index in [1.54, 1.807) is 0 Å². The first-order chi connectivity index (χ1) is 41.7. The summed E-state index contributed by atoms with van der Waals surface area (Å²) >= 11 is 0. The van der Waals surface area contributed by atoms with Gasteiger partial charge in [0.15, 0.2) is 0 Å². The van der Waals surface area contributed by atoms with Gasteiger partial charge in [-0.3, -0.25) is 0 Å². The monoisotopic (exact) mass is 1060 g/mol. The number of hydrogen-bond acceptors (Lipinski definition) is 2. The van der Waals surface area contributed by atoms with Crippen molar-refractivity contribution in [1.82, 2.24) is 0 Å². The van der Waals surface area contributed by atoms with E-state index in [2.05, 4.69) is 325 Å². The summed E-state index contributed by atoms with van der Waals surface area (Å²) in [5, 5.41) is 5.09. The van der Waals surface area contributed by atoms with Crippen molar-refractivity contribution in [2.24, 2.45) is 0 Å². The van der Waals surface area contributed by atoms with Crippen molar-refractivity contribution >= 4 is 55.7 Å². The molecule has 390 valence electrons. The molecule has 0 unspecified atom stereocenters. The molecule has 0 aliphatic heterocycles. The zero-order valence-corrected chi connectivity index (χ0v) is 45.9. The van der Waals surface area contributed by atoms with Crippen molar-refractivity contribution in [3.05, 3.63) is 360 Å². The summed E-state index contributed by atoms with van der Waals surface area (Å²) in [6.45, 7) is 0. The topological polar surface area (TPSA) is 6.48 Å². The van der Waals surface area contributed by atoms with E-state index in [-0.39, 0.29) is 0 Å². The summed E-state index contributed by atoms with van der Waals surface area (Å²) in [5.74, 6) is 0. The van der Waals surface area contributed by atoms with Crippen LogP contribution in [0.4, 0.5) is 34.1 Å². The molecule has 18 rings (SSSR count). The van der Waals surface area contributed by atoms with Crippen LogP contribution in [0.2, 0.25) is 0 Å². The molecule has 2 nitrogen and oxygen atoms in total. The largest absolute Gasteiger partial charge is 0.310 e. The Kier molecular flexibility index (Phi) is 9.97. The molecule has 4 aliphatic carbocycles. The minimum atomic E-state index is -0.481. The molecule has 0 saturated heterocycles. The second kappa shape index (κ2) is 17.8. The molecule has 2 spiro atoms. The van der Waals surface area contributed by atoms with Gasteiger partial charge >= 0.3 is 0 Å². The molecular formula is C82H52N2. The zero-order chi connectivity index (χ0) is 55.1. The summed E-state index contributed by atoms with van der Waals surface area (Å²) in [5.41, 5.74) is 29.1. The van der Waals surface area contributed by atoms with Gasteiger partial charge < -0.3 is 9.80 Å². The molecule has 0 saturated carbocycles. The van der Waals surface area contributed by atoms with Gasteiger partial charge in [0.05, 0.1) is 10.8 Å². The third-order valence-electron chi connectivity index (χ3n) is 19.1. The molecule has 0 bridgehead atoms. The van der Waals surface area contributed by atoms with Crippen LogP contribution in [0.1, 0.15) is 44.5 Å². The second-order valence-corrected chi connectivity index (χ2v) is 23.0. The molecule has 0 aromatic heterocycles.